The quantitative estimate of drug-likeness (QED) is 0.858. The maximum absolute atomic E-state index is 12.5. The van der Waals surface area contributed by atoms with Gasteiger partial charge in [0, 0.05) is 30.4 Å². The van der Waals surface area contributed by atoms with Crippen LogP contribution in [0.1, 0.15) is 31.7 Å². The lowest BCUT2D eigenvalue weighted by Crippen LogP contribution is -2.30. The highest BCUT2D eigenvalue weighted by molar-refractivity contribution is 5.99. The second kappa shape index (κ2) is 7.13. The zero-order chi connectivity index (χ0) is 18.0. The van der Waals surface area contributed by atoms with E-state index in [0.29, 0.717) is 24.0 Å². The van der Waals surface area contributed by atoms with Gasteiger partial charge in [-0.2, -0.15) is 0 Å². The van der Waals surface area contributed by atoms with Gasteiger partial charge in [-0.05, 0) is 44.4 Å². The number of carbonyl (C=O) groups is 3. The Bertz CT molecular complexity index is 700. The number of rotatable bonds is 5. The van der Waals surface area contributed by atoms with Crippen molar-refractivity contribution in [3.8, 4) is 0 Å². The Morgan fingerprint density at radius 2 is 1.92 bits per heavy atom. The van der Waals surface area contributed by atoms with Gasteiger partial charge in [0.15, 0.2) is 0 Å². The van der Waals surface area contributed by atoms with Crippen LogP contribution in [0.4, 0.5) is 16.2 Å². The van der Waals surface area contributed by atoms with Crippen molar-refractivity contribution in [3.63, 3.8) is 0 Å². The van der Waals surface area contributed by atoms with Crippen molar-refractivity contribution in [2.45, 2.75) is 39.2 Å². The molecule has 1 saturated carbocycles. The largest absolute Gasteiger partial charge is 0.450 e. The van der Waals surface area contributed by atoms with Crippen LogP contribution in [0.15, 0.2) is 18.2 Å². The van der Waals surface area contributed by atoms with Crippen LogP contribution in [0.5, 0.6) is 0 Å². The number of hydrogen-bond donors (Lipinski definition) is 2. The summed E-state index contributed by atoms with van der Waals surface area (Å²) >= 11 is 0. The Morgan fingerprint density at radius 1 is 1.24 bits per heavy atom. The monoisotopic (exact) mass is 345 g/mol. The summed E-state index contributed by atoms with van der Waals surface area (Å²) in [7, 11) is 0. The first-order valence-electron chi connectivity index (χ1n) is 8.63. The van der Waals surface area contributed by atoms with Crippen LogP contribution in [0, 0.1) is 12.8 Å². The summed E-state index contributed by atoms with van der Waals surface area (Å²) in [6.07, 6.45) is 1.82. The van der Waals surface area contributed by atoms with Crippen molar-refractivity contribution in [2.75, 3.05) is 23.8 Å². The second-order valence-electron chi connectivity index (χ2n) is 6.49. The van der Waals surface area contributed by atoms with E-state index in [1.54, 1.807) is 25.1 Å². The zero-order valence-electron chi connectivity index (χ0n) is 14.5. The summed E-state index contributed by atoms with van der Waals surface area (Å²) < 4.78 is 4.87. The molecule has 1 aliphatic carbocycles. The van der Waals surface area contributed by atoms with Gasteiger partial charge >= 0.3 is 6.09 Å². The van der Waals surface area contributed by atoms with Crippen LogP contribution in [0.3, 0.4) is 0 Å². The molecule has 0 bridgehead atoms. The number of ether oxygens (including phenoxy) is 1. The predicted octanol–water partition coefficient (Wildman–Crippen LogP) is 2.51. The van der Waals surface area contributed by atoms with Crippen LogP contribution in [0.2, 0.25) is 0 Å². The fourth-order valence-corrected chi connectivity index (χ4v) is 3.06. The third-order valence-electron chi connectivity index (χ3n) is 4.62. The van der Waals surface area contributed by atoms with Crippen molar-refractivity contribution < 1.29 is 19.1 Å². The van der Waals surface area contributed by atoms with Crippen molar-refractivity contribution in [3.05, 3.63) is 23.8 Å². The maximum atomic E-state index is 12.5. The fraction of sp³-hybridized carbons (Fsp3) is 0.500. The van der Waals surface area contributed by atoms with E-state index >= 15 is 0 Å². The van der Waals surface area contributed by atoms with Gasteiger partial charge in [0.2, 0.25) is 11.8 Å². The molecule has 0 radical (unpaired) electrons. The molecule has 1 unspecified atom stereocenters. The fourth-order valence-electron chi connectivity index (χ4n) is 3.06. The molecule has 2 aliphatic rings. The van der Waals surface area contributed by atoms with E-state index in [4.69, 9.17) is 4.74 Å². The van der Waals surface area contributed by atoms with Crippen LogP contribution < -0.4 is 10.6 Å². The molecule has 7 heteroatoms. The van der Waals surface area contributed by atoms with Gasteiger partial charge < -0.3 is 15.0 Å². The number of nitrogens with one attached hydrogen (secondary N) is 2. The molecule has 7 nitrogen and oxygen atoms in total. The van der Waals surface area contributed by atoms with Crippen LogP contribution in [-0.2, 0) is 14.3 Å². The standard InChI is InChI=1S/C18H23N3O4/c1-3-25-18(24)20-15-6-4-5-14(11(15)2)19-17(23)12-9-16(22)21(10-12)13-7-8-13/h4-6,12-13H,3,7-10H2,1-2H3,(H,19,23)(H,20,24). The van der Waals surface area contributed by atoms with E-state index in [0.717, 1.165) is 18.4 Å². The molecule has 2 N–H and O–H groups in total. The molecule has 0 aromatic heterocycles. The van der Waals surface area contributed by atoms with Crippen molar-refractivity contribution in [2.24, 2.45) is 5.92 Å². The minimum Gasteiger partial charge on any atom is -0.450 e. The number of nitrogens with zero attached hydrogens (tertiary/aromatic N) is 1. The summed E-state index contributed by atoms with van der Waals surface area (Å²) in [5, 5.41) is 5.55. The van der Waals surface area contributed by atoms with Gasteiger partial charge in [0.05, 0.1) is 12.5 Å². The summed E-state index contributed by atoms with van der Waals surface area (Å²) in [6, 6.07) is 5.61. The highest BCUT2D eigenvalue weighted by atomic mass is 16.5. The van der Waals surface area contributed by atoms with Crippen LogP contribution in [0.25, 0.3) is 0 Å². The first-order chi connectivity index (χ1) is 12.0. The molecule has 0 spiro atoms. The third-order valence-corrected chi connectivity index (χ3v) is 4.62. The predicted molar refractivity (Wildman–Crippen MR) is 93.3 cm³/mol. The normalized spacial score (nSPS) is 19.7. The number of likely N-dealkylation sites (tertiary alicyclic amines) is 1. The van der Waals surface area contributed by atoms with Gasteiger partial charge in [-0.3, -0.25) is 14.9 Å². The van der Waals surface area contributed by atoms with Gasteiger partial charge in [0.25, 0.3) is 0 Å². The third kappa shape index (κ3) is 3.92. The molecule has 134 valence electrons. The average molecular weight is 345 g/mol. The second-order valence-corrected chi connectivity index (χ2v) is 6.49. The molecule has 1 aromatic carbocycles. The molecule has 25 heavy (non-hydrogen) atoms. The highest BCUT2D eigenvalue weighted by Gasteiger charge is 2.41. The van der Waals surface area contributed by atoms with Crippen molar-refractivity contribution >= 4 is 29.3 Å². The topological polar surface area (TPSA) is 87.7 Å². The molecule has 1 heterocycles. The zero-order valence-corrected chi connectivity index (χ0v) is 14.5. The molecule has 2 fully saturated rings. The minimum absolute atomic E-state index is 0.0668. The Morgan fingerprint density at radius 3 is 2.56 bits per heavy atom. The van der Waals surface area contributed by atoms with Crippen LogP contribution >= 0.6 is 0 Å². The highest BCUT2D eigenvalue weighted by Crippen LogP contribution is 2.33. The smallest absolute Gasteiger partial charge is 0.411 e. The summed E-state index contributed by atoms with van der Waals surface area (Å²) in [4.78, 5) is 38.0. The number of carbonyl (C=O) groups excluding carboxylic acids is 3. The summed E-state index contributed by atoms with van der Waals surface area (Å²) in [5.41, 5.74) is 1.95. The number of anilines is 2. The van der Waals surface area contributed by atoms with Gasteiger partial charge in [-0.15, -0.1) is 0 Å². The minimum atomic E-state index is -0.532. The van der Waals surface area contributed by atoms with Crippen molar-refractivity contribution in [1.82, 2.24) is 4.90 Å². The van der Waals surface area contributed by atoms with E-state index in [2.05, 4.69) is 10.6 Å². The number of hydrogen-bond acceptors (Lipinski definition) is 4. The Labute approximate surface area is 146 Å². The molecule has 1 aromatic rings. The molecule has 1 saturated heterocycles. The van der Waals surface area contributed by atoms with E-state index < -0.39 is 6.09 Å². The van der Waals surface area contributed by atoms with E-state index in [1.165, 1.54) is 0 Å². The van der Waals surface area contributed by atoms with Crippen LogP contribution in [-0.4, -0.2) is 42.0 Å². The Hall–Kier alpha value is -2.57. The number of amides is 3. The first-order valence-corrected chi connectivity index (χ1v) is 8.63. The SMILES string of the molecule is CCOC(=O)Nc1cccc(NC(=O)C2CC(=O)N(C3CC3)C2)c1C. The molecular formula is C18H23N3O4. The molecule has 1 aliphatic heterocycles. The Kier molecular flexibility index (Phi) is 4.92. The Balaban J connectivity index is 1.65. The molecule has 3 amide bonds. The lowest BCUT2D eigenvalue weighted by Gasteiger charge is -2.17. The van der Waals surface area contributed by atoms with Crippen molar-refractivity contribution in [1.29, 1.82) is 0 Å². The number of benzene rings is 1. The summed E-state index contributed by atoms with van der Waals surface area (Å²) in [6.45, 7) is 4.33. The summed E-state index contributed by atoms with van der Waals surface area (Å²) in [5.74, 6) is -0.417. The lowest BCUT2D eigenvalue weighted by molar-refractivity contribution is -0.128. The van der Waals surface area contributed by atoms with E-state index in [-0.39, 0.29) is 30.8 Å². The molecular weight excluding hydrogens is 322 g/mol. The van der Waals surface area contributed by atoms with Gasteiger partial charge in [0.1, 0.15) is 0 Å². The first kappa shape index (κ1) is 17.3. The molecule has 3 rings (SSSR count). The van der Waals surface area contributed by atoms with Gasteiger partial charge in [-0.25, -0.2) is 4.79 Å². The molecule has 1 atom stereocenters. The van der Waals surface area contributed by atoms with E-state index in [9.17, 15) is 14.4 Å². The maximum Gasteiger partial charge on any atom is 0.411 e. The van der Waals surface area contributed by atoms with E-state index in [1.807, 2.05) is 11.8 Å². The van der Waals surface area contributed by atoms with Gasteiger partial charge in [-0.1, -0.05) is 6.07 Å². The lowest BCUT2D eigenvalue weighted by atomic mass is 10.1. The average Bonchev–Trinajstić information content (AvgIpc) is 3.33.